The standard InChI is InChI=1S/C16H28N4/c1-5-19-11(3)16(10(2)18-19)12(4)20-14-6-7-15(20)9-13(17)8-14/h12-15H,5-9,17H2,1-4H3. The van der Waals surface area contributed by atoms with Crippen molar-refractivity contribution in [2.45, 2.75) is 84.1 Å². The molecule has 2 saturated heterocycles. The predicted octanol–water partition coefficient (Wildman–Crippen LogP) is 2.53. The van der Waals surface area contributed by atoms with Crippen LogP contribution in [0.2, 0.25) is 0 Å². The van der Waals surface area contributed by atoms with Gasteiger partial charge in [0.1, 0.15) is 0 Å². The molecule has 2 aliphatic heterocycles. The van der Waals surface area contributed by atoms with Gasteiger partial charge in [-0.15, -0.1) is 0 Å². The summed E-state index contributed by atoms with van der Waals surface area (Å²) in [5, 5.41) is 4.70. The van der Waals surface area contributed by atoms with Gasteiger partial charge in [0, 0.05) is 42.0 Å². The maximum absolute atomic E-state index is 6.20. The summed E-state index contributed by atoms with van der Waals surface area (Å²) >= 11 is 0. The number of hydrogen-bond donors (Lipinski definition) is 1. The van der Waals surface area contributed by atoms with Crippen LogP contribution < -0.4 is 5.73 Å². The van der Waals surface area contributed by atoms with Gasteiger partial charge in [0.15, 0.2) is 0 Å². The van der Waals surface area contributed by atoms with E-state index in [4.69, 9.17) is 10.8 Å². The highest BCUT2D eigenvalue weighted by atomic mass is 15.3. The van der Waals surface area contributed by atoms with Crippen LogP contribution in [0.25, 0.3) is 0 Å². The first-order valence-corrected chi connectivity index (χ1v) is 8.09. The molecule has 3 atom stereocenters. The summed E-state index contributed by atoms with van der Waals surface area (Å²) in [4.78, 5) is 2.74. The summed E-state index contributed by atoms with van der Waals surface area (Å²) in [5.41, 5.74) is 10.2. The molecule has 4 heteroatoms. The number of fused-ring (bicyclic) bond motifs is 2. The van der Waals surface area contributed by atoms with Crippen LogP contribution in [0.1, 0.15) is 62.5 Å². The highest BCUT2D eigenvalue weighted by Crippen LogP contribution is 2.42. The van der Waals surface area contributed by atoms with Gasteiger partial charge in [-0.3, -0.25) is 9.58 Å². The van der Waals surface area contributed by atoms with Crippen LogP contribution in [-0.4, -0.2) is 32.8 Å². The summed E-state index contributed by atoms with van der Waals surface area (Å²) in [6.45, 7) is 9.85. The molecule has 2 N–H and O–H groups in total. The van der Waals surface area contributed by atoms with Crippen molar-refractivity contribution < 1.29 is 0 Å². The summed E-state index contributed by atoms with van der Waals surface area (Å²) < 4.78 is 2.14. The SMILES string of the molecule is CCn1nc(C)c(C(C)N2C3CCC2CC(N)C3)c1C. The number of nitrogens with zero attached hydrogens (tertiary/aromatic N) is 3. The average molecular weight is 276 g/mol. The van der Waals surface area contributed by atoms with E-state index in [1.54, 1.807) is 0 Å². The minimum Gasteiger partial charge on any atom is -0.328 e. The monoisotopic (exact) mass is 276 g/mol. The molecule has 2 bridgehead atoms. The van der Waals surface area contributed by atoms with Gasteiger partial charge in [-0.2, -0.15) is 5.10 Å². The van der Waals surface area contributed by atoms with Crippen molar-refractivity contribution in [2.75, 3.05) is 0 Å². The first kappa shape index (κ1) is 14.1. The van der Waals surface area contributed by atoms with Crippen molar-refractivity contribution in [2.24, 2.45) is 5.73 Å². The van der Waals surface area contributed by atoms with Gasteiger partial charge in [0.05, 0.1) is 5.69 Å². The lowest BCUT2D eigenvalue weighted by atomic mass is 9.93. The molecule has 3 unspecified atom stereocenters. The van der Waals surface area contributed by atoms with Crippen molar-refractivity contribution in [1.82, 2.24) is 14.7 Å². The van der Waals surface area contributed by atoms with Crippen molar-refractivity contribution in [1.29, 1.82) is 0 Å². The molecule has 0 radical (unpaired) electrons. The Morgan fingerprint density at radius 2 is 1.85 bits per heavy atom. The Morgan fingerprint density at radius 3 is 2.35 bits per heavy atom. The number of rotatable bonds is 3. The fourth-order valence-corrected chi connectivity index (χ4v) is 4.66. The van der Waals surface area contributed by atoms with Gasteiger partial charge in [-0.25, -0.2) is 0 Å². The third-order valence-corrected chi connectivity index (χ3v) is 5.43. The van der Waals surface area contributed by atoms with E-state index in [2.05, 4.69) is 37.3 Å². The zero-order valence-electron chi connectivity index (χ0n) is 13.3. The fraction of sp³-hybridized carbons (Fsp3) is 0.812. The molecule has 2 aliphatic rings. The van der Waals surface area contributed by atoms with Crippen LogP contribution in [0.5, 0.6) is 0 Å². The van der Waals surface area contributed by atoms with Crippen molar-refractivity contribution in [3.8, 4) is 0 Å². The number of piperidine rings is 1. The van der Waals surface area contributed by atoms with Crippen LogP contribution in [-0.2, 0) is 6.54 Å². The number of hydrogen-bond acceptors (Lipinski definition) is 3. The summed E-state index contributed by atoms with van der Waals surface area (Å²) in [7, 11) is 0. The van der Waals surface area contributed by atoms with Crippen LogP contribution >= 0.6 is 0 Å². The largest absolute Gasteiger partial charge is 0.328 e. The third kappa shape index (κ3) is 2.09. The minimum absolute atomic E-state index is 0.413. The van der Waals surface area contributed by atoms with Gasteiger partial charge < -0.3 is 5.73 Å². The summed E-state index contributed by atoms with van der Waals surface area (Å²) in [6, 6.07) is 2.25. The van der Waals surface area contributed by atoms with Crippen LogP contribution in [0, 0.1) is 13.8 Å². The second-order valence-corrected chi connectivity index (χ2v) is 6.64. The molecule has 20 heavy (non-hydrogen) atoms. The molecule has 1 aromatic rings. The maximum atomic E-state index is 6.20. The van der Waals surface area contributed by atoms with Crippen molar-refractivity contribution in [3.63, 3.8) is 0 Å². The highest BCUT2D eigenvalue weighted by Gasteiger charge is 2.42. The van der Waals surface area contributed by atoms with Crippen LogP contribution in [0.15, 0.2) is 0 Å². The molecular formula is C16H28N4. The van der Waals surface area contributed by atoms with Gasteiger partial charge in [-0.05, 0) is 53.4 Å². The molecule has 0 saturated carbocycles. The van der Waals surface area contributed by atoms with Gasteiger partial charge in [0.2, 0.25) is 0 Å². The zero-order valence-corrected chi connectivity index (χ0v) is 13.3. The van der Waals surface area contributed by atoms with E-state index in [-0.39, 0.29) is 0 Å². The zero-order chi connectivity index (χ0) is 14.4. The number of aromatic nitrogens is 2. The van der Waals surface area contributed by atoms with E-state index in [0.29, 0.717) is 24.2 Å². The molecule has 1 aromatic heterocycles. The smallest absolute Gasteiger partial charge is 0.0644 e. The van der Waals surface area contributed by atoms with E-state index >= 15 is 0 Å². The quantitative estimate of drug-likeness (QED) is 0.923. The van der Waals surface area contributed by atoms with E-state index in [1.807, 2.05) is 0 Å². The third-order valence-electron chi connectivity index (χ3n) is 5.43. The Morgan fingerprint density at radius 1 is 1.25 bits per heavy atom. The van der Waals surface area contributed by atoms with E-state index < -0.39 is 0 Å². The van der Waals surface area contributed by atoms with Crippen LogP contribution in [0.4, 0.5) is 0 Å². The molecule has 0 aromatic carbocycles. The second kappa shape index (κ2) is 5.15. The Bertz CT molecular complexity index is 479. The molecule has 3 heterocycles. The lowest BCUT2D eigenvalue weighted by molar-refractivity contribution is 0.0848. The first-order chi connectivity index (χ1) is 9.52. The fourth-order valence-electron chi connectivity index (χ4n) is 4.66. The van der Waals surface area contributed by atoms with Gasteiger partial charge >= 0.3 is 0 Å². The van der Waals surface area contributed by atoms with E-state index in [9.17, 15) is 0 Å². The molecule has 3 rings (SSSR count). The molecule has 112 valence electrons. The summed E-state index contributed by atoms with van der Waals surface area (Å²) in [5.74, 6) is 0. The van der Waals surface area contributed by atoms with Crippen LogP contribution in [0.3, 0.4) is 0 Å². The maximum Gasteiger partial charge on any atom is 0.0644 e. The summed E-state index contributed by atoms with van der Waals surface area (Å²) in [6.07, 6.45) is 4.98. The van der Waals surface area contributed by atoms with Gasteiger partial charge in [-0.1, -0.05) is 0 Å². The molecule has 4 nitrogen and oxygen atoms in total. The molecule has 0 amide bonds. The second-order valence-electron chi connectivity index (χ2n) is 6.64. The highest BCUT2D eigenvalue weighted by molar-refractivity contribution is 5.29. The first-order valence-electron chi connectivity index (χ1n) is 8.09. The Hall–Kier alpha value is -0.870. The number of aryl methyl sites for hydroxylation is 2. The lowest BCUT2D eigenvalue weighted by Gasteiger charge is -2.41. The normalized spacial score (nSPS) is 31.8. The molecular weight excluding hydrogens is 248 g/mol. The Labute approximate surface area is 122 Å². The predicted molar refractivity (Wildman–Crippen MR) is 81.6 cm³/mol. The molecule has 0 spiro atoms. The lowest BCUT2D eigenvalue weighted by Crippen LogP contribution is -2.48. The molecule has 0 aliphatic carbocycles. The average Bonchev–Trinajstić information content (AvgIpc) is 2.84. The Balaban J connectivity index is 1.90. The van der Waals surface area contributed by atoms with Crippen molar-refractivity contribution in [3.05, 3.63) is 17.0 Å². The van der Waals surface area contributed by atoms with Crippen molar-refractivity contribution >= 4 is 0 Å². The minimum atomic E-state index is 0.413. The van der Waals surface area contributed by atoms with E-state index in [1.165, 1.54) is 42.6 Å². The Kier molecular flexibility index (Phi) is 3.63. The molecule has 2 fully saturated rings. The number of nitrogens with two attached hydrogens (primary N) is 1. The van der Waals surface area contributed by atoms with Gasteiger partial charge in [0.25, 0.3) is 0 Å². The topological polar surface area (TPSA) is 47.1 Å². The van der Waals surface area contributed by atoms with E-state index in [0.717, 1.165) is 6.54 Å².